The lowest BCUT2D eigenvalue weighted by Crippen LogP contribution is -2.47. The molecule has 0 fully saturated rings. The van der Waals surface area contributed by atoms with E-state index in [0.717, 1.165) is 6.20 Å². The van der Waals surface area contributed by atoms with E-state index in [1.807, 2.05) is 20.8 Å². The minimum Gasteiger partial charge on any atom is -0.356 e. The third-order valence-corrected chi connectivity index (χ3v) is 2.14. The first-order chi connectivity index (χ1) is 8.19. The quantitative estimate of drug-likeness (QED) is 0.827. The molecule has 0 aromatic carbocycles. The number of halogens is 2. The van der Waals surface area contributed by atoms with Gasteiger partial charge in [0, 0.05) is 5.54 Å². The highest BCUT2D eigenvalue weighted by Crippen LogP contribution is 2.13. The molecule has 0 saturated heterocycles. The van der Waals surface area contributed by atoms with E-state index in [1.54, 1.807) is 6.92 Å². The lowest BCUT2D eigenvalue weighted by Gasteiger charge is -2.23. The SMILES string of the molecule is CC(Nc1nc(Cl)ncc1F)C(=O)NC(C)(C)C. The molecule has 2 N–H and O–H groups in total. The predicted molar refractivity (Wildman–Crippen MR) is 68.0 cm³/mol. The van der Waals surface area contributed by atoms with Crippen LogP contribution in [-0.4, -0.2) is 27.5 Å². The van der Waals surface area contributed by atoms with E-state index < -0.39 is 11.9 Å². The van der Waals surface area contributed by atoms with Gasteiger partial charge >= 0.3 is 0 Å². The number of rotatable bonds is 3. The Morgan fingerprint density at radius 1 is 1.50 bits per heavy atom. The fraction of sp³-hybridized carbons (Fsp3) is 0.545. The van der Waals surface area contributed by atoms with Crippen molar-refractivity contribution in [2.75, 3.05) is 5.32 Å². The average Bonchev–Trinajstić information content (AvgIpc) is 2.21. The van der Waals surface area contributed by atoms with Gasteiger partial charge in [-0.05, 0) is 39.3 Å². The summed E-state index contributed by atoms with van der Waals surface area (Å²) in [5.74, 6) is -1.00. The van der Waals surface area contributed by atoms with Crippen LogP contribution in [0.5, 0.6) is 0 Å². The van der Waals surface area contributed by atoms with Crippen LogP contribution < -0.4 is 10.6 Å². The molecule has 1 aromatic rings. The van der Waals surface area contributed by atoms with Crippen molar-refractivity contribution < 1.29 is 9.18 Å². The summed E-state index contributed by atoms with van der Waals surface area (Å²) in [5.41, 5.74) is -0.352. The van der Waals surface area contributed by atoms with Gasteiger partial charge in [0.2, 0.25) is 11.2 Å². The number of aromatic nitrogens is 2. The van der Waals surface area contributed by atoms with E-state index in [4.69, 9.17) is 11.6 Å². The molecule has 1 heterocycles. The average molecular weight is 275 g/mol. The number of anilines is 1. The van der Waals surface area contributed by atoms with Crippen molar-refractivity contribution >= 4 is 23.3 Å². The Morgan fingerprint density at radius 2 is 2.11 bits per heavy atom. The van der Waals surface area contributed by atoms with Gasteiger partial charge in [-0.1, -0.05) is 0 Å². The van der Waals surface area contributed by atoms with Crippen LogP contribution in [0.1, 0.15) is 27.7 Å². The summed E-state index contributed by atoms with van der Waals surface area (Å²) in [6, 6.07) is -0.635. The molecule has 1 atom stereocenters. The van der Waals surface area contributed by atoms with E-state index >= 15 is 0 Å². The van der Waals surface area contributed by atoms with Crippen molar-refractivity contribution in [1.82, 2.24) is 15.3 Å². The topological polar surface area (TPSA) is 66.9 Å². The number of nitrogens with zero attached hydrogens (tertiary/aromatic N) is 2. The van der Waals surface area contributed by atoms with E-state index in [1.165, 1.54) is 0 Å². The zero-order valence-electron chi connectivity index (χ0n) is 10.7. The Labute approximate surface area is 110 Å². The van der Waals surface area contributed by atoms with Gasteiger partial charge in [0.25, 0.3) is 0 Å². The maximum absolute atomic E-state index is 13.4. The zero-order valence-corrected chi connectivity index (χ0v) is 11.5. The molecule has 0 bridgehead atoms. The third kappa shape index (κ3) is 4.44. The van der Waals surface area contributed by atoms with Crippen LogP contribution in [0.4, 0.5) is 10.2 Å². The van der Waals surface area contributed by atoms with Gasteiger partial charge in [0.05, 0.1) is 6.20 Å². The first-order valence-electron chi connectivity index (χ1n) is 5.45. The Bertz CT molecular complexity index is 447. The lowest BCUT2D eigenvalue weighted by molar-refractivity contribution is -0.122. The van der Waals surface area contributed by atoms with Gasteiger partial charge in [-0.3, -0.25) is 4.79 Å². The number of hydrogen-bond donors (Lipinski definition) is 2. The summed E-state index contributed by atoms with van der Waals surface area (Å²) in [7, 11) is 0. The molecule has 0 radical (unpaired) electrons. The van der Waals surface area contributed by atoms with Crippen LogP contribution in [0.25, 0.3) is 0 Å². The number of nitrogens with one attached hydrogen (secondary N) is 2. The van der Waals surface area contributed by atoms with E-state index in [0.29, 0.717) is 0 Å². The van der Waals surface area contributed by atoms with Crippen molar-refractivity contribution in [1.29, 1.82) is 0 Å². The van der Waals surface area contributed by atoms with Crippen molar-refractivity contribution in [3.63, 3.8) is 0 Å². The van der Waals surface area contributed by atoms with Crippen LogP contribution in [0.15, 0.2) is 6.20 Å². The molecular weight excluding hydrogens is 259 g/mol. The van der Waals surface area contributed by atoms with Gasteiger partial charge in [0.1, 0.15) is 6.04 Å². The second-order valence-electron chi connectivity index (χ2n) is 4.94. The Balaban J connectivity index is 2.72. The smallest absolute Gasteiger partial charge is 0.242 e. The molecule has 1 rings (SSSR count). The summed E-state index contributed by atoms with van der Waals surface area (Å²) in [5, 5.41) is 5.34. The zero-order chi connectivity index (χ0) is 13.9. The van der Waals surface area contributed by atoms with Crippen LogP contribution in [0, 0.1) is 5.82 Å². The third-order valence-electron chi connectivity index (χ3n) is 1.96. The van der Waals surface area contributed by atoms with Crippen LogP contribution >= 0.6 is 11.6 Å². The summed E-state index contributed by atoms with van der Waals surface area (Å²) in [6.07, 6.45) is 0.950. The van der Waals surface area contributed by atoms with Crippen LogP contribution in [0.2, 0.25) is 5.28 Å². The molecule has 5 nitrogen and oxygen atoms in total. The maximum Gasteiger partial charge on any atom is 0.242 e. The Hall–Kier alpha value is -1.43. The largest absolute Gasteiger partial charge is 0.356 e. The van der Waals surface area contributed by atoms with Gasteiger partial charge in [0.15, 0.2) is 11.6 Å². The van der Waals surface area contributed by atoms with E-state index in [-0.39, 0.29) is 22.5 Å². The fourth-order valence-corrected chi connectivity index (χ4v) is 1.33. The summed E-state index contributed by atoms with van der Waals surface area (Å²) < 4.78 is 13.4. The fourth-order valence-electron chi connectivity index (χ4n) is 1.20. The van der Waals surface area contributed by atoms with Gasteiger partial charge < -0.3 is 10.6 Å². The molecule has 1 amide bonds. The molecule has 100 valence electrons. The van der Waals surface area contributed by atoms with E-state index in [2.05, 4.69) is 20.6 Å². The molecule has 0 saturated carbocycles. The minimum atomic E-state index is -0.658. The first-order valence-corrected chi connectivity index (χ1v) is 5.83. The van der Waals surface area contributed by atoms with Crippen LogP contribution in [0.3, 0.4) is 0 Å². The molecule has 1 aromatic heterocycles. The summed E-state index contributed by atoms with van der Waals surface area (Å²) >= 11 is 5.56. The highest BCUT2D eigenvalue weighted by molar-refractivity contribution is 6.28. The normalized spacial score (nSPS) is 13.0. The lowest BCUT2D eigenvalue weighted by atomic mass is 10.1. The van der Waals surface area contributed by atoms with Crippen molar-refractivity contribution in [3.05, 3.63) is 17.3 Å². The van der Waals surface area contributed by atoms with Gasteiger partial charge in [-0.2, -0.15) is 4.98 Å². The predicted octanol–water partition coefficient (Wildman–Crippen LogP) is 1.98. The van der Waals surface area contributed by atoms with E-state index in [9.17, 15) is 9.18 Å². The molecule has 0 aliphatic carbocycles. The summed E-state index contributed by atoms with van der Waals surface area (Å²) in [4.78, 5) is 19.0. The summed E-state index contributed by atoms with van der Waals surface area (Å²) in [6.45, 7) is 7.19. The number of amides is 1. The van der Waals surface area contributed by atoms with Crippen molar-refractivity contribution in [2.24, 2.45) is 0 Å². The highest BCUT2D eigenvalue weighted by Gasteiger charge is 2.20. The number of hydrogen-bond acceptors (Lipinski definition) is 4. The monoisotopic (exact) mass is 274 g/mol. The second kappa shape index (κ2) is 5.48. The molecule has 1 unspecified atom stereocenters. The molecular formula is C11H16ClFN4O. The Kier molecular flexibility index (Phi) is 4.45. The van der Waals surface area contributed by atoms with Crippen molar-refractivity contribution in [2.45, 2.75) is 39.3 Å². The van der Waals surface area contributed by atoms with Gasteiger partial charge in [-0.15, -0.1) is 0 Å². The standard InChI is InChI=1S/C11H16ClFN4O/c1-6(9(18)17-11(2,3)4)15-8-7(13)5-14-10(12)16-8/h5-6H,1-4H3,(H,17,18)(H,14,15,16). The van der Waals surface area contributed by atoms with Gasteiger partial charge in [-0.25, -0.2) is 9.37 Å². The highest BCUT2D eigenvalue weighted by atomic mass is 35.5. The molecule has 0 aliphatic heterocycles. The molecule has 0 spiro atoms. The maximum atomic E-state index is 13.4. The van der Waals surface area contributed by atoms with Crippen molar-refractivity contribution in [3.8, 4) is 0 Å². The number of carbonyl (C=O) groups excluding carboxylic acids is 1. The Morgan fingerprint density at radius 3 is 2.67 bits per heavy atom. The number of carbonyl (C=O) groups is 1. The molecule has 18 heavy (non-hydrogen) atoms. The molecule has 7 heteroatoms. The second-order valence-corrected chi connectivity index (χ2v) is 5.28. The van der Waals surface area contributed by atoms with Crippen LogP contribution in [-0.2, 0) is 4.79 Å². The first kappa shape index (κ1) is 14.6. The molecule has 0 aliphatic rings. The minimum absolute atomic E-state index is 0.0812.